The summed E-state index contributed by atoms with van der Waals surface area (Å²) in [6.07, 6.45) is 2.21. The van der Waals surface area contributed by atoms with Gasteiger partial charge in [0.2, 0.25) is 0 Å². The lowest BCUT2D eigenvalue weighted by Crippen LogP contribution is -2.36. The zero-order valence-corrected chi connectivity index (χ0v) is 9.20. The number of carbonyl (C=O) groups excluding carboxylic acids is 1. The first-order valence-corrected chi connectivity index (χ1v) is 5.61. The lowest BCUT2D eigenvalue weighted by Gasteiger charge is -2.09. The van der Waals surface area contributed by atoms with Crippen LogP contribution in [-0.4, -0.2) is 12.1 Å². The van der Waals surface area contributed by atoms with Crippen LogP contribution >= 0.6 is 0 Å². The first-order valence-electron chi connectivity index (χ1n) is 5.61. The Balaban J connectivity index is 1.85. The Morgan fingerprint density at radius 2 is 2.00 bits per heavy atom. The summed E-state index contributed by atoms with van der Waals surface area (Å²) in [6.45, 7) is 1.04. The van der Waals surface area contributed by atoms with Crippen LogP contribution in [-0.2, 0) is 13.1 Å². The standard InChI is InChI=1S/C12H17N3O/c13-7-9-3-1-2-4-10(9)8-14-12(16)15-11-5-6-11/h1-4,11H,5-8,13H2,(H2,14,15,16). The molecule has 86 valence electrons. The molecule has 1 aromatic carbocycles. The molecule has 4 heteroatoms. The molecule has 0 radical (unpaired) electrons. The van der Waals surface area contributed by atoms with Gasteiger partial charge in [-0.25, -0.2) is 4.79 Å². The Kier molecular flexibility index (Phi) is 3.41. The normalized spacial score (nSPS) is 14.6. The molecule has 1 saturated carbocycles. The van der Waals surface area contributed by atoms with E-state index in [0.29, 0.717) is 19.1 Å². The zero-order valence-electron chi connectivity index (χ0n) is 9.20. The van der Waals surface area contributed by atoms with Gasteiger partial charge in [0.15, 0.2) is 0 Å². The van der Waals surface area contributed by atoms with E-state index in [1.54, 1.807) is 0 Å². The van der Waals surface area contributed by atoms with Crippen molar-refractivity contribution >= 4 is 6.03 Å². The first kappa shape index (κ1) is 11.0. The molecule has 0 saturated heterocycles. The smallest absolute Gasteiger partial charge is 0.315 e. The Bertz CT molecular complexity index is 374. The second-order valence-corrected chi connectivity index (χ2v) is 4.07. The van der Waals surface area contributed by atoms with E-state index >= 15 is 0 Å². The van der Waals surface area contributed by atoms with Crippen LogP contribution in [0.5, 0.6) is 0 Å². The van der Waals surface area contributed by atoms with E-state index in [1.807, 2.05) is 24.3 Å². The molecule has 4 nitrogen and oxygen atoms in total. The minimum atomic E-state index is -0.0886. The molecular weight excluding hydrogens is 202 g/mol. The van der Waals surface area contributed by atoms with E-state index in [1.165, 1.54) is 0 Å². The van der Waals surface area contributed by atoms with Gasteiger partial charge < -0.3 is 16.4 Å². The van der Waals surface area contributed by atoms with Gasteiger partial charge in [-0.15, -0.1) is 0 Å². The van der Waals surface area contributed by atoms with E-state index < -0.39 is 0 Å². The van der Waals surface area contributed by atoms with Crippen LogP contribution in [0.15, 0.2) is 24.3 Å². The minimum Gasteiger partial charge on any atom is -0.335 e. The van der Waals surface area contributed by atoms with Crippen molar-refractivity contribution in [3.63, 3.8) is 0 Å². The van der Waals surface area contributed by atoms with Crippen LogP contribution in [0.3, 0.4) is 0 Å². The lowest BCUT2D eigenvalue weighted by atomic mass is 10.1. The highest BCUT2D eigenvalue weighted by molar-refractivity contribution is 5.74. The van der Waals surface area contributed by atoms with Gasteiger partial charge in [0.1, 0.15) is 0 Å². The largest absolute Gasteiger partial charge is 0.335 e. The third-order valence-corrected chi connectivity index (χ3v) is 2.69. The van der Waals surface area contributed by atoms with Crippen molar-refractivity contribution in [2.24, 2.45) is 5.73 Å². The third kappa shape index (κ3) is 2.97. The van der Waals surface area contributed by atoms with Crippen LogP contribution < -0.4 is 16.4 Å². The number of hydrogen-bond donors (Lipinski definition) is 3. The summed E-state index contributed by atoms with van der Waals surface area (Å²) in [5, 5.41) is 5.72. The summed E-state index contributed by atoms with van der Waals surface area (Å²) in [4.78, 5) is 11.4. The molecule has 0 spiro atoms. The van der Waals surface area contributed by atoms with E-state index in [9.17, 15) is 4.79 Å². The minimum absolute atomic E-state index is 0.0886. The van der Waals surface area contributed by atoms with E-state index in [2.05, 4.69) is 10.6 Å². The summed E-state index contributed by atoms with van der Waals surface area (Å²) in [6, 6.07) is 8.18. The Hall–Kier alpha value is -1.55. The number of nitrogens with one attached hydrogen (secondary N) is 2. The molecular formula is C12H17N3O. The number of benzene rings is 1. The zero-order chi connectivity index (χ0) is 11.4. The van der Waals surface area contributed by atoms with Crippen molar-refractivity contribution in [1.29, 1.82) is 0 Å². The van der Waals surface area contributed by atoms with E-state index in [0.717, 1.165) is 24.0 Å². The highest BCUT2D eigenvalue weighted by Gasteiger charge is 2.22. The molecule has 1 aromatic rings. The molecule has 16 heavy (non-hydrogen) atoms. The fourth-order valence-corrected chi connectivity index (χ4v) is 1.57. The summed E-state index contributed by atoms with van der Waals surface area (Å²) in [7, 11) is 0. The van der Waals surface area contributed by atoms with Crippen molar-refractivity contribution < 1.29 is 4.79 Å². The molecule has 2 amide bonds. The molecule has 0 unspecified atom stereocenters. The summed E-state index contributed by atoms with van der Waals surface area (Å²) >= 11 is 0. The molecule has 0 bridgehead atoms. The van der Waals surface area contributed by atoms with Gasteiger partial charge in [0, 0.05) is 19.1 Å². The van der Waals surface area contributed by atoms with Crippen molar-refractivity contribution in [1.82, 2.24) is 10.6 Å². The molecule has 1 fully saturated rings. The molecule has 0 aliphatic heterocycles. The van der Waals surface area contributed by atoms with Crippen LogP contribution in [0.25, 0.3) is 0 Å². The monoisotopic (exact) mass is 219 g/mol. The van der Waals surface area contributed by atoms with Gasteiger partial charge in [0.25, 0.3) is 0 Å². The predicted molar refractivity (Wildman–Crippen MR) is 62.7 cm³/mol. The van der Waals surface area contributed by atoms with Gasteiger partial charge in [-0.3, -0.25) is 0 Å². The van der Waals surface area contributed by atoms with Gasteiger partial charge in [-0.1, -0.05) is 24.3 Å². The van der Waals surface area contributed by atoms with Gasteiger partial charge >= 0.3 is 6.03 Å². The van der Waals surface area contributed by atoms with Gasteiger partial charge in [-0.05, 0) is 24.0 Å². The molecule has 2 rings (SSSR count). The maximum absolute atomic E-state index is 11.4. The predicted octanol–water partition coefficient (Wildman–Crippen LogP) is 1.11. The van der Waals surface area contributed by atoms with E-state index in [4.69, 9.17) is 5.73 Å². The highest BCUT2D eigenvalue weighted by atomic mass is 16.2. The van der Waals surface area contributed by atoms with Crippen LogP contribution in [0.1, 0.15) is 24.0 Å². The van der Waals surface area contributed by atoms with Crippen LogP contribution in [0, 0.1) is 0 Å². The number of rotatable bonds is 4. The molecule has 1 aliphatic rings. The second-order valence-electron chi connectivity index (χ2n) is 4.07. The molecule has 0 atom stereocenters. The van der Waals surface area contributed by atoms with Crippen molar-refractivity contribution in [3.05, 3.63) is 35.4 Å². The number of urea groups is 1. The number of hydrogen-bond acceptors (Lipinski definition) is 2. The Morgan fingerprint density at radius 1 is 1.31 bits per heavy atom. The maximum Gasteiger partial charge on any atom is 0.315 e. The number of nitrogens with two attached hydrogens (primary N) is 1. The lowest BCUT2D eigenvalue weighted by molar-refractivity contribution is 0.240. The molecule has 0 heterocycles. The number of amides is 2. The second kappa shape index (κ2) is 4.99. The maximum atomic E-state index is 11.4. The van der Waals surface area contributed by atoms with Crippen LogP contribution in [0.2, 0.25) is 0 Å². The van der Waals surface area contributed by atoms with Gasteiger partial charge in [0.05, 0.1) is 0 Å². The topological polar surface area (TPSA) is 67.1 Å². The fourth-order valence-electron chi connectivity index (χ4n) is 1.57. The van der Waals surface area contributed by atoms with Crippen molar-refractivity contribution in [3.8, 4) is 0 Å². The van der Waals surface area contributed by atoms with Crippen molar-refractivity contribution in [2.45, 2.75) is 32.0 Å². The summed E-state index contributed by atoms with van der Waals surface area (Å²) in [5.41, 5.74) is 7.78. The Morgan fingerprint density at radius 3 is 2.62 bits per heavy atom. The number of carbonyl (C=O) groups is 1. The quantitative estimate of drug-likeness (QED) is 0.710. The fraction of sp³-hybridized carbons (Fsp3) is 0.417. The Labute approximate surface area is 95.2 Å². The third-order valence-electron chi connectivity index (χ3n) is 2.69. The molecule has 0 aromatic heterocycles. The van der Waals surface area contributed by atoms with Crippen molar-refractivity contribution in [2.75, 3.05) is 0 Å². The highest BCUT2D eigenvalue weighted by Crippen LogP contribution is 2.18. The van der Waals surface area contributed by atoms with Crippen LogP contribution in [0.4, 0.5) is 4.79 Å². The summed E-state index contributed by atoms with van der Waals surface area (Å²) in [5.74, 6) is 0. The average molecular weight is 219 g/mol. The first-order chi connectivity index (χ1) is 7.79. The average Bonchev–Trinajstić information content (AvgIpc) is 3.10. The summed E-state index contributed by atoms with van der Waals surface area (Å²) < 4.78 is 0. The molecule has 4 N–H and O–H groups in total. The van der Waals surface area contributed by atoms with E-state index in [-0.39, 0.29) is 6.03 Å². The SMILES string of the molecule is NCc1ccccc1CNC(=O)NC1CC1. The molecule has 1 aliphatic carbocycles. The van der Waals surface area contributed by atoms with Gasteiger partial charge in [-0.2, -0.15) is 0 Å².